The van der Waals surface area contributed by atoms with E-state index in [0.717, 1.165) is 32.6 Å². The molecule has 5 heteroatoms. The first-order valence-corrected chi connectivity index (χ1v) is 7.63. The average Bonchev–Trinajstić information content (AvgIpc) is 3.15. The molecule has 0 spiro atoms. The molecule has 1 amide bonds. The number of nitrogens with two attached hydrogens (primary N) is 1. The molecule has 1 saturated heterocycles. The molecule has 1 atom stereocenters. The topological polar surface area (TPSA) is 64.4 Å². The Bertz CT molecular complexity index is 313. The number of amides is 1. The lowest BCUT2D eigenvalue weighted by atomic mass is 9.91. The van der Waals surface area contributed by atoms with Gasteiger partial charge in [0.2, 0.25) is 5.91 Å². The van der Waals surface area contributed by atoms with E-state index in [1.165, 1.54) is 19.3 Å². The fourth-order valence-corrected chi connectivity index (χ4v) is 3.18. The maximum Gasteiger partial charge on any atom is 0.237 e. The van der Waals surface area contributed by atoms with Crippen LogP contribution < -0.4 is 11.1 Å². The first kappa shape index (κ1) is 17.7. The van der Waals surface area contributed by atoms with Gasteiger partial charge in [-0.1, -0.05) is 13.8 Å². The second kappa shape index (κ2) is 7.62. The second-order valence-electron chi connectivity index (χ2n) is 6.79. The van der Waals surface area contributed by atoms with E-state index in [2.05, 4.69) is 19.2 Å². The van der Waals surface area contributed by atoms with Gasteiger partial charge in [-0.05, 0) is 49.4 Å². The zero-order chi connectivity index (χ0) is 13.9. The number of halogens is 1. The van der Waals surface area contributed by atoms with Crippen molar-refractivity contribution in [2.45, 2.75) is 52.0 Å². The average molecular weight is 305 g/mol. The summed E-state index contributed by atoms with van der Waals surface area (Å²) < 4.78 is 5.31. The van der Waals surface area contributed by atoms with Crippen molar-refractivity contribution in [2.75, 3.05) is 19.8 Å². The van der Waals surface area contributed by atoms with E-state index in [1.807, 2.05) is 0 Å². The van der Waals surface area contributed by atoms with Crippen molar-refractivity contribution in [2.24, 2.45) is 23.0 Å². The quantitative estimate of drug-likeness (QED) is 0.790. The molecule has 0 aromatic rings. The number of hydrogen-bond acceptors (Lipinski definition) is 3. The summed E-state index contributed by atoms with van der Waals surface area (Å²) in [7, 11) is 0. The summed E-state index contributed by atoms with van der Waals surface area (Å²) in [5.74, 6) is 1.01. The predicted molar refractivity (Wildman–Crippen MR) is 82.9 cm³/mol. The Morgan fingerprint density at radius 1 is 1.35 bits per heavy atom. The number of rotatable bonds is 6. The van der Waals surface area contributed by atoms with Crippen LogP contribution in [0.25, 0.3) is 0 Å². The Hall–Kier alpha value is -0.320. The highest BCUT2D eigenvalue weighted by molar-refractivity contribution is 5.85. The van der Waals surface area contributed by atoms with Gasteiger partial charge in [-0.2, -0.15) is 0 Å². The van der Waals surface area contributed by atoms with E-state index in [1.54, 1.807) is 0 Å². The van der Waals surface area contributed by atoms with Crippen LogP contribution in [-0.2, 0) is 9.53 Å². The van der Waals surface area contributed by atoms with Crippen molar-refractivity contribution in [1.29, 1.82) is 0 Å². The van der Waals surface area contributed by atoms with E-state index < -0.39 is 0 Å². The zero-order valence-corrected chi connectivity index (χ0v) is 13.5. The Kier molecular flexibility index (Phi) is 6.76. The summed E-state index contributed by atoms with van der Waals surface area (Å²) in [6.07, 6.45) is 5.52. The van der Waals surface area contributed by atoms with E-state index in [-0.39, 0.29) is 30.3 Å². The van der Waals surface area contributed by atoms with Gasteiger partial charge in [-0.25, -0.2) is 0 Å². The highest BCUT2D eigenvalue weighted by atomic mass is 35.5. The summed E-state index contributed by atoms with van der Waals surface area (Å²) >= 11 is 0. The van der Waals surface area contributed by atoms with Gasteiger partial charge in [-0.15, -0.1) is 12.4 Å². The summed E-state index contributed by atoms with van der Waals surface area (Å²) in [5.41, 5.74) is 6.45. The van der Waals surface area contributed by atoms with Gasteiger partial charge in [0.05, 0.1) is 6.04 Å². The SMILES string of the molecule is CC(C)CC1(CNC(=O)C(N)C2CCOCC2)CC1.Cl. The van der Waals surface area contributed by atoms with Crippen molar-refractivity contribution in [3.63, 3.8) is 0 Å². The highest BCUT2D eigenvalue weighted by Crippen LogP contribution is 2.50. The fraction of sp³-hybridized carbons (Fsp3) is 0.933. The molecule has 0 radical (unpaired) electrons. The van der Waals surface area contributed by atoms with Crippen LogP contribution in [0.3, 0.4) is 0 Å². The van der Waals surface area contributed by atoms with Gasteiger partial charge in [0, 0.05) is 19.8 Å². The Labute approximate surface area is 128 Å². The van der Waals surface area contributed by atoms with Crippen molar-refractivity contribution < 1.29 is 9.53 Å². The third-order valence-corrected chi connectivity index (χ3v) is 4.51. The molecule has 1 unspecified atom stereocenters. The van der Waals surface area contributed by atoms with Crippen molar-refractivity contribution in [3.05, 3.63) is 0 Å². The first-order chi connectivity index (χ1) is 9.02. The third kappa shape index (κ3) is 4.90. The van der Waals surface area contributed by atoms with Crippen LogP contribution in [0.1, 0.15) is 46.0 Å². The third-order valence-electron chi connectivity index (χ3n) is 4.51. The van der Waals surface area contributed by atoms with Gasteiger partial charge in [0.1, 0.15) is 0 Å². The smallest absolute Gasteiger partial charge is 0.237 e. The van der Waals surface area contributed by atoms with E-state index >= 15 is 0 Å². The van der Waals surface area contributed by atoms with Crippen LogP contribution in [-0.4, -0.2) is 31.7 Å². The van der Waals surface area contributed by atoms with Gasteiger partial charge in [0.15, 0.2) is 0 Å². The molecule has 1 aliphatic heterocycles. The lowest BCUT2D eigenvalue weighted by Crippen LogP contribution is -2.48. The van der Waals surface area contributed by atoms with Gasteiger partial charge >= 0.3 is 0 Å². The zero-order valence-electron chi connectivity index (χ0n) is 12.7. The summed E-state index contributed by atoms with van der Waals surface area (Å²) in [6.45, 7) is 6.78. The molecule has 0 aromatic heterocycles. The minimum atomic E-state index is -0.362. The van der Waals surface area contributed by atoms with Crippen LogP contribution in [0.2, 0.25) is 0 Å². The van der Waals surface area contributed by atoms with E-state index in [9.17, 15) is 4.79 Å². The normalized spacial score (nSPS) is 23.0. The molecular weight excluding hydrogens is 276 g/mol. The molecular formula is C15H29ClN2O2. The van der Waals surface area contributed by atoms with Gasteiger partial charge in [0.25, 0.3) is 0 Å². The van der Waals surface area contributed by atoms with E-state index in [0.29, 0.717) is 11.3 Å². The molecule has 4 nitrogen and oxygen atoms in total. The summed E-state index contributed by atoms with van der Waals surface area (Å²) in [5, 5.41) is 3.08. The second-order valence-corrected chi connectivity index (χ2v) is 6.79. The minimum Gasteiger partial charge on any atom is -0.381 e. The predicted octanol–water partition coefficient (Wildman–Crippen LogP) is 2.10. The molecule has 2 fully saturated rings. The first-order valence-electron chi connectivity index (χ1n) is 7.63. The van der Waals surface area contributed by atoms with Crippen molar-refractivity contribution in [1.82, 2.24) is 5.32 Å². The fourth-order valence-electron chi connectivity index (χ4n) is 3.18. The Balaban J connectivity index is 0.00000200. The molecule has 2 aliphatic rings. The van der Waals surface area contributed by atoms with Crippen LogP contribution >= 0.6 is 12.4 Å². The molecule has 1 heterocycles. The standard InChI is InChI=1S/C15H28N2O2.ClH/c1-11(2)9-15(5-6-15)10-17-14(18)13(16)12-3-7-19-8-4-12;/h11-13H,3-10,16H2,1-2H3,(H,17,18);1H. The number of carbonyl (C=O) groups is 1. The largest absolute Gasteiger partial charge is 0.381 e. The molecule has 1 aliphatic carbocycles. The molecule has 3 N–H and O–H groups in total. The van der Waals surface area contributed by atoms with Gasteiger partial charge in [-0.3, -0.25) is 4.79 Å². The highest BCUT2D eigenvalue weighted by Gasteiger charge is 2.43. The number of carbonyl (C=O) groups excluding carboxylic acids is 1. The summed E-state index contributed by atoms with van der Waals surface area (Å²) in [6, 6.07) is -0.362. The summed E-state index contributed by atoms with van der Waals surface area (Å²) in [4.78, 5) is 12.1. The molecule has 0 bridgehead atoms. The molecule has 20 heavy (non-hydrogen) atoms. The van der Waals surface area contributed by atoms with E-state index in [4.69, 9.17) is 10.5 Å². The minimum absolute atomic E-state index is 0. The maximum atomic E-state index is 12.1. The molecule has 2 rings (SSSR count). The van der Waals surface area contributed by atoms with Crippen LogP contribution in [0.15, 0.2) is 0 Å². The Morgan fingerprint density at radius 2 is 1.95 bits per heavy atom. The monoisotopic (exact) mass is 304 g/mol. The van der Waals surface area contributed by atoms with Crippen molar-refractivity contribution in [3.8, 4) is 0 Å². The number of hydrogen-bond donors (Lipinski definition) is 2. The number of nitrogens with one attached hydrogen (secondary N) is 1. The molecule has 118 valence electrons. The van der Waals surface area contributed by atoms with Crippen molar-refractivity contribution >= 4 is 18.3 Å². The Morgan fingerprint density at radius 3 is 2.45 bits per heavy atom. The number of ether oxygens (including phenoxy) is 1. The molecule has 0 aromatic carbocycles. The van der Waals surface area contributed by atoms with Gasteiger partial charge < -0.3 is 15.8 Å². The molecule has 1 saturated carbocycles. The maximum absolute atomic E-state index is 12.1. The van der Waals surface area contributed by atoms with Crippen LogP contribution in [0, 0.1) is 17.3 Å². The lowest BCUT2D eigenvalue weighted by Gasteiger charge is -2.27. The van der Waals surface area contributed by atoms with Crippen LogP contribution in [0.4, 0.5) is 0 Å². The lowest BCUT2D eigenvalue weighted by molar-refractivity contribution is -0.124. The van der Waals surface area contributed by atoms with Crippen LogP contribution in [0.5, 0.6) is 0 Å².